The highest BCUT2D eigenvalue weighted by Gasteiger charge is 2.35. The predicted molar refractivity (Wildman–Crippen MR) is 92.7 cm³/mol. The number of nitrogens with one attached hydrogen (secondary N) is 1. The van der Waals surface area contributed by atoms with Crippen LogP contribution in [-0.2, 0) is 14.8 Å². The topological polar surface area (TPSA) is 104 Å². The number of carbonyl (C=O) groups excluding carboxylic acids is 1. The minimum absolute atomic E-state index is 0.0118. The maximum atomic E-state index is 12.8. The van der Waals surface area contributed by atoms with Crippen molar-refractivity contribution in [2.45, 2.75) is 30.7 Å². The Bertz CT molecular complexity index is 771. The van der Waals surface area contributed by atoms with Crippen molar-refractivity contribution in [3.63, 3.8) is 0 Å². The molecule has 0 radical (unpaired) electrons. The van der Waals surface area contributed by atoms with Gasteiger partial charge in [-0.3, -0.25) is 9.59 Å². The maximum absolute atomic E-state index is 12.8. The summed E-state index contributed by atoms with van der Waals surface area (Å²) in [6.07, 6.45) is 3.09. The van der Waals surface area contributed by atoms with Crippen LogP contribution < -0.4 is 4.72 Å². The molecule has 1 aliphatic carbocycles. The average Bonchev–Trinajstić information content (AvgIpc) is 3.42. The Hall–Kier alpha value is -2.19. The van der Waals surface area contributed by atoms with E-state index in [9.17, 15) is 18.0 Å². The summed E-state index contributed by atoms with van der Waals surface area (Å²) in [5.74, 6) is -2.01. The molecular weight excluding hydrogens is 344 g/mol. The highest BCUT2D eigenvalue weighted by Crippen LogP contribution is 2.29. The summed E-state index contributed by atoms with van der Waals surface area (Å²) in [6.45, 7) is 5.20. The van der Waals surface area contributed by atoms with Crippen molar-refractivity contribution < 1.29 is 23.1 Å². The summed E-state index contributed by atoms with van der Waals surface area (Å²) in [4.78, 5) is 25.4. The van der Waals surface area contributed by atoms with Crippen molar-refractivity contribution in [1.82, 2.24) is 9.62 Å². The summed E-state index contributed by atoms with van der Waals surface area (Å²) in [6, 6.07) is 5.78. The van der Waals surface area contributed by atoms with Crippen molar-refractivity contribution >= 4 is 21.9 Å². The van der Waals surface area contributed by atoms with Gasteiger partial charge in [0.25, 0.3) is 5.91 Å². The third kappa shape index (κ3) is 4.90. The summed E-state index contributed by atoms with van der Waals surface area (Å²) in [5, 5.41) is 9.09. The van der Waals surface area contributed by atoms with Gasteiger partial charge in [0.05, 0.1) is 10.8 Å². The van der Waals surface area contributed by atoms with E-state index in [4.69, 9.17) is 5.11 Å². The molecule has 2 N–H and O–H groups in total. The van der Waals surface area contributed by atoms with Crippen LogP contribution in [0.1, 0.15) is 30.1 Å². The predicted octanol–water partition coefficient (Wildman–Crippen LogP) is 1.48. The van der Waals surface area contributed by atoms with E-state index in [0.29, 0.717) is 0 Å². The first kappa shape index (κ1) is 19.1. The van der Waals surface area contributed by atoms with Crippen LogP contribution in [0.2, 0.25) is 0 Å². The first-order chi connectivity index (χ1) is 11.8. The molecular formula is C17H22N2O5S. The van der Waals surface area contributed by atoms with Crippen molar-refractivity contribution in [2.24, 2.45) is 5.92 Å². The van der Waals surface area contributed by atoms with E-state index >= 15 is 0 Å². The first-order valence-electron chi connectivity index (χ1n) is 8.00. The van der Waals surface area contributed by atoms with Gasteiger partial charge in [0, 0.05) is 24.7 Å². The molecule has 0 aromatic heterocycles. The molecule has 1 aromatic carbocycles. The van der Waals surface area contributed by atoms with Crippen LogP contribution in [0.25, 0.3) is 0 Å². The molecule has 1 amide bonds. The van der Waals surface area contributed by atoms with Crippen molar-refractivity contribution in [2.75, 3.05) is 13.1 Å². The number of hydrogen-bond donors (Lipinski definition) is 2. The second-order valence-electron chi connectivity index (χ2n) is 6.10. The lowest BCUT2D eigenvalue weighted by Crippen LogP contribution is -2.38. The van der Waals surface area contributed by atoms with Gasteiger partial charge in [-0.05, 0) is 31.0 Å². The van der Waals surface area contributed by atoms with Gasteiger partial charge in [-0.25, -0.2) is 13.1 Å². The molecule has 1 atom stereocenters. The zero-order valence-corrected chi connectivity index (χ0v) is 14.8. The molecule has 0 spiro atoms. The molecule has 1 fully saturated rings. The first-order valence-corrected chi connectivity index (χ1v) is 9.49. The SMILES string of the molecule is C=CCNS(=O)(=O)c1cccc(C(=O)N(CC(C)C(=O)O)C2CC2)c1. The monoisotopic (exact) mass is 366 g/mol. The van der Waals surface area contributed by atoms with Crippen LogP contribution in [0.4, 0.5) is 0 Å². The van der Waals surface area contributed by atoms with E-state index < -0.39 is 21.9 Å². The van der Waals surface area contributed by atoms with E-state index in [1.165, 1.54) is 35.2 Å². The normalized spacial score (nSPS) is 15.4. The number of hydrogen-bond acceptors (Lipinski definition) is 4. The number of nitrogens with zero attached hydrogens (tertiary/aromatic N) is 1. The number of aliphatic carboxylic acids is 1. The van der Waals surface area contributed by atoms with Crippen LogP contribution in [0, 0.1) is 5.92 Å². The second-order valence-corrected chi connectivity index (χ2v) is 7.86. The summed E-state index contributed by atoms with van der Waals surface area (Å²) >= 11 is 0. The number of benzene rings is 1. The Morgan fingerprint density at radius 2 is 2.12 bits per heavy atom. The fourth-order valence-electron chi connectivity index (χ4n) is 2.37. The Morgan fingerprint density at radius 3 is 2.68 bits per heavy atom. The number of sulfonamides is 1. The Labute approximate surface area is 147 Å². The van der Waals surface area contributed by atoms with Gasteiger partial charge in [-0.2, -0.15) is 0 Å². The lowest BCUT2D eigenvalue weighted by molar-refractivity contribution is -0.141. The lowest BCUT2D eigenvalue weighted by Gasteiger charge is -2.24. The zero-order chi connectivity index (χ0) is 18.6. The van der Waals surface area contributed by atoms with Gasteiger partial charge < -0.3 is 10.0 Å². The molecule has 0 heterocycles. The number of carbonyl (C=O) groups is 2. The Kier molecular flexibility index (Phi) is 5.97. The van der Waals surface area contributed by atoms with Gasteiger partial charge in [0.15, 0.2) is 0 Å². The van der Waals surface area contributed by atoms with Gasteiger partial charge >= 0.3 is 5.97 Å². The minimum Gasteiger partial charge on any atom is -0.481 e. The van der Waals surface area contributed by atoms with E-state index in [2.05, 4.69) is 11.3 Å². The van der Waals surface area contributed by atoms with Gasteiger partial charge in [-0.15, -0.1) is 6.58 Å². The minimum atomic E-state index is -3.73. The van der Waals surface area contributed by atoms with E-state index in [1.54, 1.807) is 6.92 Å². The third-order valence-corrected chi connectivity index (χ3v) is 5.37. The smallest absolute Gasteiger partial charge is 0.308 e. The molecule has 1 unspecified atom stereocenters. The van der Waals surface area contributed by atoms with Gasteiger partial charge in [0.1, 0.15) is 0 Å². The van der Waals surface area contributed by atoms with Crippen molar-refractivity contribution in [1.29, 1.82) is 0 Å². The highest BCUT2D eigenvalue weighted by molar-refractivity contribution is 7.89. The van der Waals surface area contributed by atoms with Crippen LogP contribution in [-0.4, -0.2) is 49.4 Å². The Balaban J connectivity index is 2.24. The second kappa shape index (κ2) is 7.79. The Morgan fingerprint density at radius 1 is 1.44 bits per heavy atom. The standard InChI is InChI=1S/C17H22N2O5S/c1-3-9-18-25(23,24)15-6-4-5-13(10-15)16(20)19(14-7-8-14)11-12(2)17(21)22/h3-6,10,12,14,18H,1,7-9,11H2,2H3,(H,21,22). The van der Waals surface area contributed by atoms with E-state index in [-0.39, 0.29) is 35.5 Å². The molecule has 0 aliphatic heterocycles. The molecule has 1 saturated carbocycles. The number of amides is 1. The van der Waals surface area contributed by atoms with Crippen LogP contribution >= 0.6 is 0 Å². The van der Waals surface area contributed by atoms with E-state index in [0.717, 1.165) is 12.8 Å². The quantitative estimate of drug-likeness (QED) is 0.644. The van der Waals surface area contributed by atoms with Crippen LogP contribution in [0.5, 0.6) is 0 Å². The fraction of sp³-hybridized carbons (Fsp3) is 0.412. The molecule has 1 aliphatic rings. The van der Waals surface area contributed by atoms with Crippen LogP contribution in [0.15, 0.2) is 41.8 Å². The fourth-order valence-corrected chi connectivity index (χ4v) is 3.41. The lowest BCUT2D eigenvalue weighted by atomic mass is 10.1. The molecule has 136 valence electrons. The van der Waals surface area contributed by atoms with Crippen molar-refractivity contribution in [3.8, 4) is 0 Å². The van der Waals surface area contributed by atoms with Crippen LogP contribution in [0.3, 0.4) is 0 Å². The highest BCUT2D eigenvalue weighted by atomic mass is 32.2. The molecule has 25 heavy (non-hydrogen) atoms. The molecule has 0 bridgehead atoms. The zero-order valence-electron chi connectivity index (χ0n) is 14.0. The van der Waals surface area contributed by atoms with Gasteiger partial charge in [0.2, 0.25) is 10.0 Å². The summed E-state index contributed by atoms with van der Waals surface area (Å²) in [5.41, 5.74) is 0.228. The number of rotatable bonds is 9. The molecule has 8 heteroatoms. The molecule has 7 nitrogen and oxygen atoms in total. The number of carboxylic acid groups (broad SMARTS) is 1. The van der Waals surface area contributed by atoms with E-state index in [1.807, 2.05) is 0 Å². The molecule has 1 aromatic rings. The molecule has 2 rings (SSSR count). The number of carboxylic acids is 1. The largest absolute Gasteiger partial charge is 0.481 e. The summed E-state index contributed by atoms with van der Waals surface area (Å²) in [7, 11) is -3.73. The third-order valence-electron chi connectivity index (χ3n) is 3.95. The van der Waals surface area contributed by atoms with Gasteiger partial charge in [-0.1, -0.05) is 19.1 Å². The summed E-state index contributed by atoms with van der Waals surface area (Å²) < 4.78 is 26.7. The van der Waals surface area contributed by atoms with Crippen molar-refractivity contribution in [3.05, 3.63) is 42.5 Å². The molecule has 0 saturated heterocycles. The average molecular weight is 366 g/mol. The maximum Gasteiger partial charge on any atom is 0.308 e.